The van der Waals surface area contributed by atoms with Crippen LogP contribution >= 0.6 is 0 Å². The molecule has 15 heavy (non-hydrogen) atoms. The summed E-state index contributed by atoms with van der Waals surface area (Å²) < 4.78 is 36.7. The number of benzene rings is 1. The van der Waals surface area contributed by atoms with Crippen LogP contribution in [0.2, 0.25) is 0 Å². The third-order valence-corrected chi connectivity index (χ3v) is 1.81. The molecule has 1 aromatic rings. The lowest BCUT2D eigenvalue weighted by Crippen LogP contribution is -2.10. The summed E-state index contributed by atoms with van der Waals surface area (Å²) in [5.74, 6) is 0. The van der Waals surface area contributed by atoms with Gasteiger partial charge in [-0.25, -0.2) is 0 Å². The van der Waals surface area contributed by atoms with E-state index in [1.54, 1.807) is 0 Å². The first-order valence-corrected chi connectivity index (χ1v) is 4.26. The van der Waals surface area contributed by atoms with Crippen molar-refractivity contribution in [1.29, 1.82) is 0 Å². The van der Waals surface area contributed by atoms with Crippen molar-refractivity contribution in [2.45, 2.75) is 6.18 Å². The Morgan fingerprint density at radius 2 is 2.00 bits per heavy atom. The summed E-state index contributed by atoms with van der Waals surface area (Å²) in [4.78, 5) is 0. The first-order chi connectivity index (χ1) is 6.95. The summed E-state index contributed by atoms with van der Waals surface area (Å²) in [7, 11) is 0. The van der Waals surface area contributed by atoms with E-state index in [1.165, 1.54) is 6.07 Å². The highest BCUT2D eigenvalue weighted by Crippen LogP contribution is 2.32. The fraction of sp³-hybridized carbons (Fsp3) is 0.333. The molecule has 0 aliphatic carbocycles. The number of aliphatic hydroxyl groups excluding tert-OH is 1. The molecule has 0 radical (unpaired) electrons. The van der Waals surface area contributed by atoms with Crippen molar-refractivity contribution in [3.8, 4) is 0 Å². The number of anilines is 2. The molecule has 0 heterocycles. The van der Waals surface area contributed by atoms with E-state index < -0.39 is 11.7 Å². The molecule has 0 unspecified atom stereocenters. The van der Waals surface area contributed by atoms with E-state index in [2.05, 4.69) is 5.32 Å². The molecule has 0 amide bonds. The fourth-order valence-corrected chi connectivity index (χ4v) is 1.09. The molecule has 0 saturated heterocycles. The minimum atomic E-state index is -4.39. The van der Waals surface area contributed by atoms with Gasteiger partial charge in [-0.2, -0.15) is 13.2 Å². The number of rotatable bonds is 3. The standard InChI is InChI=1S/C9H11F3N2O/c10-9(11,12)6-1-2-8(7(13)5-6)14-3-4-15/h1-2,5,14-15H,3-4,13H2. The van der Waals surface area contributed by atoms with Crippen LogP contribution in [0.4, 0.5) is 24.5 Å². The number of nitrogens with one attached hydrogen (secondary N) is 1. The van der Waals surface area contributed by atoms with E-state index in [9.17, 15) is 13.2 Å². The minimum absolute atomic E-state index is 0.0123. The molecule has 84 valence electrons. The van der Waals surface area contributed by atoms with Crippen LogP contribution in [0.15, 0.2) is 18.2 Å². The second-order valence-electron chi connectivity index (χ2n) is 2.95. The first kappa shape index (κ1) is 11.6. The van der Waals surface area contributed by atoms with E-state index >= 15 is 0 Å². The van der Waals surface area contributed by atoms with Crippen LogP contribution in [0.5, 0.6) is 0 Å². The molecular weight excluding hydrogens is 209 g/mol. The van der Waals surface area contributed by atoms with Crippen LogP contribution < -0.4 is 11.1 Å². The summed E-state index contributed by atoms with van der Waals surface area (Å²) in [6, 6.07) is 3.05. The third-order valence-electron chi connectivity index (χ3n) is 1.81. The van der Waals surface area contributed by atoms with E-state index in [0.29, 0.717) is 5.69 Å². The maximum atomic E-state index is 12.2. The van der Waals surface area contributed by atoms with Crippen LogP contribution in [-0.2, 0) is 6.18 Å². The topological polar surface area (TPSA) is 58.3 Å². The Morgan fingerprint density at radius 1 is 1.33 bits per heavy atom. The first-order valence-electron chi connectivity index (χ1n) is 4.26. The van der Waals surface area contributed by atoms with Crippen molar-refractivity contribution in [1.82, 2.24) is 0 Å². The van der Waals surface area contributed by atoms with Crippen LogP contribution in [0, 0.1) is 0 Å². The summed E-state index contributed by atoms with van der Waals surface area (Å²) >= 11 is 0. The van der Waals surface area contributed by atoms with Gasteiger partial charge in [-0.1, -0.05) is 0 Å². The smallest absolute Gasteiger partial charge is 0.397 e. The van der Waals surface area contributed by atoms with Gasteiger partial charge >= 0.3 is 6.18 Å². The molecular formula is C9H11F3N2O. The Hall–Kier alpha value is -1.43. The minimum Gasteiger partial charge on any atom is -0.397 e. The van der Waals surface area contributed by atoms with Gasteiger partial charge in [0, 0.05) is 6.54 Å². The number of alkyl halides is 3. The van der Waals surface area contributed by atoms with Gasteiger partial charge in [-0.15, -0.1) is 0 Å². The Balaban J connectivity index is 2.88. The number of hydrogen-bond donors (Lipinski definition) is 3. The van der Waals surface area contributed by atoms with Gasteiger partial charge in [-0.3, -0.25) is 0 Å². The van der Waals surface area contributed by atoms with Crippen molar-refractivity contribution in [2.24, 2.45) is 0 Å². The van der Waals surface area contributed by atoms with Gasteiger partial charge in [-0.05, 0) is 18.2 Å². The summed E-state index contributed by atoms with van der Waals surface area (Å²) in [6.45, 7) is 0.135. The highest BCUT2D eigenvalue weighted by atomic mass is 19.4. The van der Waals surface area contributed by atoms with Crippen molar-refractivity contribution < 1.29 is 18.3 Å². The number of halogens is 3. The molecule has 4 N–H and O–H groups in total. The maximum absolute atomic E-state index is 12.2. The predicted octanol–water partition coefficient (Wildman–Crippen LogP) is 1.69. The quantitative estimate of drug-likeness (QED) is 0.679. The SMILES string of the molecule is Nc1cc(C(F)(F)F)ccc1NCCO. The predicted molar refractivity (Wildman–Crippen MR) is 51.4 cm³/mol. The molecule has 3 nitrogen and oxygen atoms in total. The zero-order valence-corrected chi connectivity index (χ0v) is 7.80. The zero-order valence-electron chi connectivity index (χ0n) is 7.80. The molecule has 1 rings (SSSR count). The molecule has 0 aliphatic rings. The average Bonchev–Trinajstić information content (AvgIpc) is 2.14. The van der Waals surface area contributed by atoms with Gasteiger partial charge < -0.3 is 16.2 Å². The van der Waals surface area contributed by atoms with Crippen molar-refractivity contribution in [3.63, 3.8) is 0 Å². The van der Waals surface area contributed by atoms with Crippen LogP contribution in [-0.4, -0.2) is 18.3 Å². The number of nitrogen functional groups attached to an aromatic ring is 1. The lowest BCUT2D eigenvalue weighted by Gasteiger charge is -2.11. The van der Waals surface area contributed by atoms with Crippen molar-refractivity contribution in [2.75, 3.05) is 24.2 Å². The van der Waals surface area contributed by atoms with Crippen molar-refractivity contribution >= 4 is 11.4 Å². The maximum Gasteiger partial charge on any atom is 0.416 e. The Labute approximate surface area is 84.7 Å². The van der Waals surface area contributed by atoms with Gasteiger partial charge in [0.05, 0.1) is 23.5 Å². The lowest BCUT2D eigenvalue weighted by atomic mass is 10.1. The molecule has 0 fully saturated rings. The summed E-state index contributed by atoms with van der Waals surface area (Å²) in [5.41, 5.74) is 5.03. The lowest BCUT2D eigenvalue weighted by molar-refractivity contribution is -0.137. The molecule has 0 spiro atoms. The molecule has 0 aromatic heterocycles. The fourth-order valence-electron chi connectivity index (χ4n) is 1.09. The van der Waals surface area contributed by atoms with E-state index in [-0.39, 0.29) is 18.8 Å². The molecule has 0 aliphatic heterocycles. The molecule has 0 bridgehead atoms. The van der Waals surface area contributed by atoms with Crippen LogP contribution in [0.1, 0.15) is 5.56 Å². The Bertz CT molecular complexity index is 339. The van der Waals surface area contributed by atoms with Crippen molar-refractivity contribution in [3.05, 3.63) is 23.8 Å². The highest BCUT2D eigenvalue weighted by Gasteiger charge is 2.30. The number of hydrogen-bond acceptors (Lipinski definition) is 3. The number of nitrogens with two attached hydrogens (primary N) is 1. The second-order valence-corrected chi connectivity index (χ2v) is 2.95. The van der Waals surface area contributed by atoms with Gasteiger partial charge in [0.1, 0.15) is 0 Å². The van der Waals surface area contributed by atoms with Crippen LogP contribution in [0.3, 0.4) is 0 Å². The van der Waals surface area contributed by atoms with Gasteiger partial charge in [0.2, 0.25) is 0 Å². The van der Waals surface area contributed by atoms with Gasteiger partial charge in [0.15, 0.2) is 0 Å². The molecule has 0 saturated carbocycles. The highest BCUT2D eigenvalue weighted by molar-refractivity contribution is 5.67. The van der Waals surface area contributed by atoms with E-state index in [1.807, 2.05) is 0 Å². The molecule has 6 heteroatoms. The number of aliphatic hydroxyl groups is 1. The zero-order chi connectivity index (χ0) is 11.5. The van der Waals surface area contributed by atoms with E-state index in [0.717, 1.165) is 12.1 Å². The molecule has 0 atom stereocenters. The average molecular weight is 220 g/mol. The molecule has 1 aromatic carbocycles. The largest absolute Gasteiger partial charge is 0.416 e. The Kier molecular flexibility index (Phi) is 3.41. The second kappa shape index (κ2) is 4.39. The van der Waals surface area contributed by atoms with Gasteiger partial charge in [0.25, 0.3) is 0 Å². The summed E-state index contributed by atoms with van der Waals surface area (Å²) in [5, 5.41) is 11.2. The third kappa shape index (κ3) is 3.02. The Morgan fingerprint density at radius 3 is 2.47 bits per heavy atom. The normalized spacial score (nSPS) is 11.5. The summed E-state index contributed by atoms with van der Waals surface area (Å²) in [6.07, 6.45) is -4.39. The van der Waals surface area contributed by atoms with E-state index in [4.69, 9.17) is 10.8 Å². The monoisotopic (exact) mass is 220 g/mol. The van der Waals surface area contributed by atoms with Crippen LogP contribution in [0.25, 0.3) is 0 Å².